The van der Waals surface area contributed by atoms with Gasteiger partial charge < -0.3 is 5.32 Å². The number of nitrogens with one attached hydrogen (secondary N) is 1. The Kier molecular flexibility index (Phi) is 5.05. The number of anilines is 1. The van der Waals surface area contributed by atoms with Crippen LogP contribution >= 0.6 is 11.8 Å². The van der Waals surface area contributed by atoms with E-state index in [1.165, 1.54) is 33.8 Å². The SMILES string of the molecule is Cc1cc(C)c2nc(SCC(=O)Nc3ccc4ccccc4c3)cc(C)c2c1. The van der Waals surface area contributed by atoms with Crippen LogP contribution in [0.5, 0.6) is 0 Å². The van der Waals surface area contributed by atoms with Crippen LogP contribution in [0.3, 0.4) is 0 Å². The molecule has 0 aliphatic heterocycles. The minimum absolute atomic E-state index is 0.0274. The van der Waals surface area contributed by atoms with Gasteiger partial charge in [0.15, 0.2) is 0 Å². The first-order chi connectivity index (χ1) is 13.5. The predicted molar refractivity (Wildman–Crippen MR) is 119 cm³/mol. The van der Waals surface area contributed by atoms with Gasteiger partial charge in [-0.1, -0.05) is 53.7 Å². The molecule has 140 valence electrons. The molecule has 3 nitrogen and oxygen atoms in total. The molecule has 0 unspecified atom stereocenters. The highest BCUT2D eigenvalue weighted by atomic mass is 32.2. The highest BCUT2D eigenvalue weighted by molar-refractivity contribution is 7.99. The normalized spacial score (nSPS) is 11.1. The van der Waals surface area contributed by atoms with Gasteiger partial charge >= 0.3 is 0 Å². The van der Waals surface area contributed by atoms with Crippen molar-refractivity contribution in [2.75, 3.05) is 11.1 Å². The van der Waals surface area contributed by atoms with Crippen LogP contribution in [-0.4, -0.2) is 16.6 Å². The Bertz CT molecular complexity index is 1200. The summed E-state index contributed by atoms with van der Waals surface area (Å²) in [6.45, 7) is 6.29. The molecule has 0 aliphatic carbocycles. The molecule has 0 radical (unpaired) electrons. The molecule has 1 amide bonds. The van der Waals surface area contributed by atoms with Gasteiger partial charge in [0.25, 0.3) is 0 Å². The number of amides is 1. The second-order valence-corrected chi connectivity index (χ2v) is 8.15. The molecule has 4 aromatic rings. The number of benzene rings is 3. The molecule has 0 fully saturated rings. The molecule has 4 rings (SSSR count). The van der Waals surface area contributed by atoms with Crippen molar-refractivity contribution in [2.45, 2.75) is 25.8 Å². The Hall–Kier alpha value is -2.85. The van der Waals surface area contributed by atoms with Gasteiger partial charge in [0.05, 0.1) is 16.3 Å². The fourth-order valence-electron chi connectivity index (χ4n) is 3.49. The van der Waals surface area contributed by atoms with Crippen molar-refractivity contribution < 1.29 is 4.79 Å². The first-order valence-electron chi connectivity index (χ1n) is 9.30. The summed E-state index contributed by atoms with van der Waals surface area (Å²) in [5.41, 5.74) is 5.43. The molecule has 0 saturated carbocycles. The molecule has 1 N–H and O–H groups in total. The van der Waals surface area contributed by atoms with E-state index in [0.717, 1.165) is 27.0 Å². The van der Waals surface area contributed by atoms with Crippen molar-refractivity contribution in [3.8, 4) is 0 Å². The number of aromatic nitrogens is 1. The van der Waals surface area contributed by atoms with E-state index >= 15 is 0 Å². The predicted octanol–water partition coefficient (Wildman–Crippen LogP) is 6.04. The van der Waals surface area contributed by atoms with E-state index in [0.29, 0.717) is 5.75 Å². The number of aryl methyl sites for hydroxylation is 3. The zero-order chi connectivity index (χ0) is 19.7. The topological polar surface area (TPSA) is 42.0 Å². The van der Waals surface area contributed by atoms with Crippen molar-refractivity contribution in [1.82, 2.24) is 4.98 Å². The Morgan fingerprint density at radius 2 is 1.71 bits per heavy atom. The Morgan fingerprint density at radius 3 is 2.54 bits per heavy atom. The molecular weight excluding hydrogens is 364 g/mol. The highest BCUT2D eigenvalue weighted by Gasteiger charge is 2.09. The average molecular weight is 387 g/mol. The Morgan fingerprint density at radius 1 is 0.929 bits per heavy atom. The van der Waals surface area contributed by atoms with Gasteiger partial charge in [-0.3, -0.25) is 4.79 Å². The van der Waals surface area contributed by atoms with Crippen molar-refractivity contribution >= 4 is 45.0 Å². The number of hydrogen-bond donors (Lipinski definition) is 1. The number of rotatable bonds is 4. The largest absolute Gasteiger partial charge is 0.325 e. The minimum atomic E-state index is -0.0274. The Labute approximate surface area is 169 Å². The molecule has 0 bridgehead atoms. The number of carbonyl (C=O) groups excluding carboxylic acids is 1. The molecule has 1 aromatic heterocycles. The van der Waals surface area contributed by atoms with E-state index in [-0.39, 0.29) is 5.91 Å². The molecule has 0 aliphatic rings. The number of hydrogen-bond acceptors (Lipinski definition) is 3. The summed E-state index contributed by atoms with van der Waals surface area (Å²) in [6, 6.07) is 20.5. The van der Waals surface area contributed by atoms with Gasteiger partial charge in [0.1, 0.15) is 0 Å². The van der Waals surface area contributed by atoms with E-state index in [2.05, 4.69) is 50.4 Å². The first-order valence-corrected chi connectivity index (χ1v) is 10.3. The van der Waals surface area contributed by atoms with Crippen molar-refractivity contribution in [1.29, 1.82) is 0 Å². The monoisotopic (exact) mass is 386 g/mol. The lowest BCUT2D eigenvalue weighted by atomic mass is 10.0. The maximum Gasteiger partial charge on any atom is 0.234 e. The molecule has 3 aromatic carbocycles. The zero-order valence-corrected chi connectivity index (χ0v) is 17.1. The van der Waals surface area contributed by atoms with Crippen LogP contribution in [0.2, 0.25) is 0 Å². The first kappa shape index (κ1) is 18.5. The molecular formula is C24H22N2OS. The van der Waals surface area contributed by atoms with E-state index in [1.54, 1.807) is 0 Å². The summed E-state index contributed by atoms with van der Waals surface area (Å²) in [6.07, 6.45) is 0. The van der Waals surface area contributed by atoms with Crippen molar-refractivity contribution in [2.24, 2.45) is 0 Å². The molecule has 1 heterocycles. The van der Waals surface area contributed by atoms with Crippen molar-refractivity contribution in [3.05, 3.63) is 77.4 Å². The fraction of sp³-hybridized carbons (Fsp3) is 0.167. The van der Waals surface area contributed by atoms with Crippen LogP contribution in [0.25, 0.3) is 21.7 Å². The highest BCUT2D eigenvalue weighted by Crippen LogP contribution is 2.27. The quantitative estimate of drug-likeness (QED) is 0.435. The number of fused-ring (bicyclic) bond motifs is 2. The van der Waals surface area contributed by atoms with E-state index in [1.807, 2.05) is 36.4 Å². The minimum Gasteiger partial charge on any atom is -0.325 e. The van der Waals surface area contributed by atoms with Gasteiger partial charge in [-0.05, 0) is 66.9 Å². The molecule has 0 saturated heterocycles. The van der Waals surface area contributed by atoms with Gasteiger partial charge in [-0.15, -0.1) is 0 Å². The average Bonchev–Trinajstić information content (AvgIpc) is 2.67. The standard InChI is InChI=1S/C24H22N2OS/c1-15-10-17(3)24-21(11-15)16(2)12-23(26-24)28-14-22(27)25-20-9-8-18-6-4-5-7-19(18)13-20/h4-13H,14H2,1-3H3,(H,25,27). The summed E-state index contributed by atoms with van der Waals surface area (Å²) in [5, 5.41) is 7.33. The molecule has 28 heavy (non-hydrogen) atoms. The number of carbonyl (C=O) groups is 1. The van der Waals surface area contributed by atoms with Crippen LogP contribution in [0, 0.1) is 20.8 Å². The summed E-state index contributed by atoms with van der Waals surface area (Å²) < 4.78 is 0. The fourth-order valence-corrected chi connectivity index (χ4v) is 4.26. The molecule has 4 heteroatoms. The van der Waals surface area contributed by atoms with E-state index < -0.39 is 0 Å². The van der Waals surface area contributed by atoms with Crippen molar-refractivity contribution in [3.63, 3.8) is 0 Å². The lowest BCUT2D eigenvalue weighted by Gasteiger charge is -2.10. The van der Waals surface area contributed by atoms with Crippen LogP contribution in [0.4, 0.5) is 5.69 Å². The summed E-state index contributed by atoms with van der Waals surface area (Å²) in [7, 11) is 0. The third-order valence-electron chi connectivity index (χ3n) is 4.82. The van der Waals surface area contributed by atoms with Crippen LogP contribution < -0.4 is 5.32 Å². The maximum atomic E-state index is 12.4. The van der Waals surface area contributed by atoms with Crippen LogP contribution in [-0.2, 0) is 4.79 Å². The van der Waals surface area contributed by atoms with E-state index in [9.17, 15) is 4.79 Å². The van der Waals surface area contributed by atoms with Gasteiger partial charge in [0, 0.05) is 11.1 Å². The third kappa shape index (κ3) is 3.87. The summed E-state index contributed by atoms with van der Waals surface area (Å²) in [5.74, 6) is 0.302. The van der Waals surface area contributed by atoms with Gasteiger partial charge in [-0.25, -0.2) is 4.98 Å². The molecule has 0 spiro atoms. The zero-order valence-electron chi connectivity index (χ0n) is 16.2. The third-order valence-corrected chi connectivity index (χ3v) is 5.73. The van der Waals surface area contributed by atoms with Gasteiger partial charge in [0.2, 0.25) is 5.91 Å². The number of nitrogens with zero attached hydrogens (tertiary/aromatic N) is 1. The maximum absolute atomic E-state index is 12.4. The summed E-state index contributed by atoms with van der Waals surface area (Å²) >= 11 is 1.47. The number of thioether (sulfide) groups is 1. The van der Waals surface area contributed by atoms with Gasteiger partial charge in [-0.2, -0.15) is 0 Å². The lowest BCUT2D eigenvalue weighted by Crippen LogP contribution is -2.14. The van der Waals surface area contributed by atoms with Crippen LogP contribution in [0.1, 0.15) is 16.7 Å². The summed E-state index contributed by atoms with van der Waals surface area (Å²) in [4.78, 5) is 17.2. The second-order valence-electron chi connectivity index (χ2n) is 7.15. The molecule has 0 atom stereocenters. The number of pyridine rings is 1. The smallest absolute Gasteiger partial charge is 0.234 e. The van der Waals surface area contributed by atoms with E-state index in [4.69, 9.17) is 4.98 Å². The lowest BCUT2D eigenvalue weighted by molar-refractivity contribution is -0.113. The second kappa shape index (κ2) is 7.64. The van der Waals surface area contributed by atoms with Crippen LogP contribution in [0.15, 0.2) is 65.7 Å². The Balaban J connectivity index is 1.48.